The molecule has 3 N–H and O–H groups in total. The SMILES string of the molecule is Nc1ccccc1CNC(=O)c1ccc(F)c(F)c1. The van der Waals surface area contributed by atoms with Gasteiger partial charge in [-0.3, -0.25) is 4.79 Å². The number of carbonyl (C=O) groups is 1. The van der Waals surface area contributed by atoms with Crippen LogP contribution in [-0.4, -0.2) is 5.91 Å². The van der Waals surface area contributed by atoms with Crippen LogP contribution in [0.25, 0.3) is 0 Å². The van der Waals surface area contributed by atoms with Crippen molar-refractivity contribution in [2.45, 2.75) is 6.54 Å². The molecule has 0 saturated heterocycles. The summed E-state index contributed by atoms with van der Waals surface area (Å²) in [5.74, 6) is -2.52. The summed E-state index contributed by atoms with van der Waals surface area (Å²) in [6, 6.07) is 10.1. The van der Waals surface area contributed by atoms with Crippen LogP contribution in [0, 0.1) is 11.6 Å². The monoisotopic (exact) mass is 262 g/mol. The van der Waals surface area contributed by atoms with Crippen LogP contribution in [0.3, 0.4) is 0 Å². The van der Waals surface area contributed by atoms with E-state index in [1.807, 2.05) is 0 Å². The summed E-state index contributed by atoms with van der Waals surface area (Å²) in [7, 11) is 0. The molecule has 0 aliphatic rings. The highest BCUT2D eigenvalue weighted by Gasteiger charge is 2.09. The molecule has 2 aromatic rings. The first-order valence-electron chi connectivity index (χ1n) is 5.64. The smallest absolute Gasteiger partial charge is 0.251 e. The molecule has 0 fully saturated rings. The van der Waals surface area contributed by atoms with Gasteiger partial charge in [-0.05, 0) is 29.8 Å². The first-order chi connectivity index (χ1) is 9.08. The van der Waals surface area contributed by atoms with Gasteiger partial charge in [0, 0.05) is 17.8 Å². The molecule has 3 nitrogen and oxygen atoms in total. The van der Waals surface area contributed by atoms with E-state index in [9.17, 15) is 13.6 Å². The van der Waals surface area contributed by atoms with Gasteiger partial charge >= 0.3 is 0 Å². The fourth-order valence-corrected chi connectivity index (χ4v) is 1.61. The molecule has 2 aromatic carbocycles. The summed E-state index contributed by atoms with van der Waals surface area (Å²) in [6.45, 7) is 0.227. The summed E-state index contributed by atoms with van der Waals surface area (Å²) in [5.41, 5.74) is 7.12. The molecule has 98 valence electrons. The standard InChI is InChI=1S/C14H12F2N2O/c15-11-6-5-9(7-12(11)16)14(19)18-8-10-3-1-2-4-13(10)17/h1-7H,8,17H2,(H,18,19). The van der Waals surface area contributed by atoms with Gasteiger partial charge in [0.2, 0.25) is 0 Å². The van der Waals surface area contributed by atoms with Crippen LogP contribution in [0.1, 0.15) is 15.9 Å². The summed E-state index contributed by atoms with van der Waals surface area (Å²) < 4.78 is 25.7. The molecule has 0 unspecified atom stereocenters. The molecule has 19 heavy (non-hydrogen) atoms. The van der Waals surface area contributed by atoms with Crippen LogP contribution in [0.5, 0.6) is 0 Å². The second-order valence-electron chi connectivity index (χ2n) is 4.01. The predicted molar refractivity (Wildman–Crippen MR) is 68.4 cm³/mol. The number of para-hydroxylation sites is 1. The fraction of sp³-hybridized carbons (Fsp3) is 0.0714. The van der Waals surface area contributed by atoms with Crippen molar-refractivity contribution in [2.75, 3.05) is 5.73 Å². The molecule has 0 heterocycles. The molecule has 0 atom stereocenters. The summed E-state index contributed by atoms with van der Waals surface area (Å²) in [6.07, 6.45) is 0. The number of amides is 1. The van der Waals surface area contributed by atoms with Crippen molar-refractivity contribution in [2.24, 2.45) is 0 Å². The van der Waals surface area contributed by atoms with E-state index in [1.165, 1.54) is 6.07 Å². The summed E-state index contributed by atoms with van der Waals surface area (Å²) >= 11 is 0. The predicted octanol–water partition coefficient (Wildman–Crippen LogP) is 2.48. The highest BCUT2D eigenvalue weighted by Crippen LogP contribution is 2.11. The molecular weight excluding hydrogens is 250 g/mol. The third kappa shape index (κ3) is 3.07. The van der Waals surface area contributed by atoms with Gasteiger partial charge in [-0.2, -0.15) is 0 Å². The van der Waals surface area contributed by atoms with Gasteiger partial charge in [-0.1, -0.05) is 18.2 Å². The zero-order chi connectivity index (χ0) is 13.8. The van der Waals surface area contributed by atoms with Crippen molar-refractivity contribution in [3.63, 3.8) is 0 Å². The van der Waals surface area contributed by atoms with Gasteiger partial charge in [0.25, 0.3) is 5.91 Å². The minimum absolute atomic E-state index is 0.0633. The number of nitrogens with two attached hydrogens (primary N) is 1. The lowest BCUT2D eigenvalue weighted by molar-refractivity contribution is 0.0950. The van der Waals surface area contributed by atoms with Gasteiger partial charge in [0.15, 0.2) is 11.6 Å². The van der Waals surface area contributed by atoms with Gasteiger partial charge in [0.05, 0.1) is 0 Å². The Labute approximate surface area is 109 Å². The quantitative estimate of drug-likeness (QED) is 0.835. The van der Waals surface area contributed by atoms with Crippen molar-refractivity contribution in [1.29, 1.82) is 0 Å². The lowest BCUT2D eigenvalue weighted by Gasteiger charge is -2.07. The second kappa shape index (κ2) is 5.48. The molecular formula is C14H12F2N2O. The first kappa shape index (κ1) is 13.0. The Morgan fingerprint density at radius 1 is 1.11 bits per heavy atom. The van der Waals surface area contributed by atoms with Crippen LogP contribution >= 0.6 is 0 Å². The molecule has 2 rings (SSSR count). The fourth-order valence-electron chi connectivity index (χ4n) is 1.61. The normalized spacial score (nSPS) is 10.2. The van der Waals surface area contributed by atoms with E-state index in [0.29, 0.717) is 5.69 Å². The average molecular weight is 262 g/mol. The average Bonchev–Trinajstić information content (AvgIpc) is 2.40. The Hall–Kier alpha value is -2.43. The second-order valence-corrected chi connectivity index (χ2v) is 4.01. The number of nitrogen functional groups attached to an aromatic ring is 1. The van der Waals surface area contributed by atoms with Crippen LogP contribution in [0.15, 0.2) is 42.5 Å². The Kier molecular flexibility index (Phi) is 3.75. The number of hydrogen-bond donors (Lipinski definition) is 2. The minimum atomic E-state index is -1.05. The van der Waals surface area contributed by atoms with E-state index in [-0.39, 0.29) is 12.1 Å². The highest BCUT2D eigenvalue weighted by atomic mass is 19.2. The van der Waals surface area contributed by atoms with Crippen molar-refractivity contribution in [3.05, 3.63) is 65.2 Å². The largest absolute Gasteiger partial charge is 0.398 e. The third-order valence-electron chi connectivity index (χ3n) is 2.68. The number of carbonyl (C=O) groups excluding carboxylic acids is 1. The van der Waals surface area contributed by atoms with Crippen LogP contribution in [0.4, 0.5) is 14.5 Å². The van der Waals surface area contributed by atoms with Crippen LogP contribution in [0.2, 0.25) is 0 Å². The van der Waals surface area contributed by atoms with E-state index < -0.39 is 17.5 Å². The number of hydrogen-bond acceptors (Lipinski definition) is 2. The maximum Gasteiger partial charge on any atom is 0.251 e. The van der Waals surface area contributed by atoms with E-state index in [0.717, 1.165) is 17.7 Å². The Bertz CT molecular complexity index is 614. The Balaban J connectivity index is 2.05. The summed E-state index contributed by atoms with van der Waals surface area (Å²) in [5, 5.41) is 2.59. The molecule has 1 amide bonds. The number of nitrogens with one attached hydrogen (secondary N) is 1. The van der Waals surface area contributed by atoms with Crippen LogP contribution in [-0.2, 0) is 6.54 Å². The third-order valence-corrected chi connectivity index (χ3v) is 2.68. The molecule has 0 spiro atoms. The van der Waals surface area contributed by atoms with Crippen LogP contribution < -0.4 is 11.1 Å². The zero-order valence-corrected chi connectivity index (χ0v) is 9.99. The first-order valence-corrected chi connectivity index (χ1v) is 5.64. The summed E-state index contributed by atoms with van der Waals surface area (Å²) in [4.78, 5) is 11.8. The van der Waals surface area contributed by atoms with E-state index in [2.05, 4.69) is 5.32 Å². The highest BCUT2D eigenvalue weighted by molar-refractivity contribution is 5.94. The number of rotatable bonds is 3. The number of benzene rings is 2. The number of halogens is 2. The molecule has 0 aliphatic heterocycles. The molecule has 5 heteroatoms. The lowest BCUT2D eigenvalue weighted by Crippen LogP contribution is -2.23. The lowest BCUT2D eigenvalue weighted by atomic mass is 10.1. The van der Waals surface area contributed by atoms with E-state index in [1.54, 1.807) is 24.3 Å². The Morgan fingerprint density at radius 2 is 1.84 bits per heavy atom. The van der Waals surface area contributed by atoms with Crippen molar-refractivity contribution in [1.82, 2.24) is 5.32 Å². The Morgan fingerprint density at radius 3 is 2.53 bits per heavy atom. The molecule has 0 aliphatic carbocycles. The molecule has 0 saturated carbocycles. The number of anilines is 1. The van der Waals surface area contributed by atoms with E-state index in [4.69, 9.17) is 5.73 Å². The van der Waals surface area contributed by atoms with Crippen molar-refractivity contribution < 1.29 is 13.6 Å². The molecule has 0 radical (unpaired) electrons. The van der Waals surface area contributed by atoms with Gasteiger partial charge in [-0.25, -0.2) is 8.78 Å². The van der Waals surface area contributed by atoms with Crippen molar-refractivity contribution >= 4 is 11.6 Å². The molecule has 0 bridgehead atoms. The maximum atomic E-state index is 13.0. The van der Waals surface area contributed by atoms with Gasteiger partial charge in [-0.15, -0.1) is 0 Å². The topological polar surface area (TPSA) is 55.1 Å². The zero-order valence-electron chi connectivity index (χ0n) is 9.99. The maximum absolute atomic E-state index is 13.0. The molecule has 0 aromatic heterocycles. The minimum Gasteiger partial charge on any atom is -0.398 e. The van der Waals surface area contributed by atoms with Gasteiger partial charge in [0.1, 0.15) is 0 Å². The van der Waals surface area contributed by atoms with Gasteiger partial charge < -0.3 is 11.1 Å². The van der Waals surface area contributed by atoms with E-state index >= 15 is 0 Å². The van der Waals surface area contributed by atoms with Crippen molar-refractivity contribution in [3.8, 4) is 0 Å².